The molecule has 5 nitrogen and oxygen atoms in total. The van der Waals surface area contributed by atoms with E-state index in [2.05, 4.69) is 26.2 Å². The number of rotatable bonds is 3. The fourth-order valence-electron chi connectivity index (χ4n) is 2.14. The van der Waals surface area contributed by atoms with Crippen LogP contribution in [0.15, 0.2) is 44.7 Å². The molecule has 0 unspecified atom stereocenters. The molecule has 26 heavy (non-hydrogen) atoms. The summed E-state index contributed by atoms with van der Waals surface area (Å²) in [5, 5.41) is 13.6. The third-order valence-corrected chi connectivity index (χ3v) is 5.79. The smallest absolute Gasteiger partial charge is 0.264 e. The Labute approximate surface area is 172 Å². The molecule has 0 bridgehead atoms. The predicted molar refractivity (Wildman–Crippen MR) is 110 cm³/mol. The summed E-state index contributed by atoms with van der Waals surface area (Å²) in [5.41, 5.74) is 1.15. The highest BCUT2D eigenvalue weighted by Crippen LogP contribution is 2.37. The molecule has 0 spiro atoms. The van der Waals surface area contributed by atoms with E-state index in [-0.39, 0.29) is 11.7 Å². The number of phenolic OH excluding ortho intramolecular Hbond substituents is 1. The normalized spacial score (nSPS) is 17.0. The van der Waals surface area contributed by atoms with Gasteiger partial charge in [0.1, 0.15) is 0 Å². The molecule has 2 aromatic carbocycles. The molecule has 1 amide bonds. The number of aromatic hydroxyl groups is 1. The van der Waals surface area contributed by atoms with Crippen molar-refractivity contribution in [3.05, 3.63) is 55.3 Å². The van der Waals surface area contributed by atoms with Crippen LogP contribution in [0.2, 0.25) is 10.0 Å². The second-order valence-corrected chi connectivity index (χ2v) is 7.77. The van der Waals surface area contributed by atoms with Gasteiger partial charge < -0.3 is 15.2 Å². The van der Waals surface area contributed by atoms with Gasteiger partial charge in [0.2, 0.25) is 0 Å². The number of hydrogen-bond acceptors (Lipinski definition) is 5. The zero-order valence-corrected chi connectivity index (χ0v) is 17.1. The van der Waals surface area contributed by atoms with Crippen LogP contribution in [0.3, 0.4) is 0 Å². The molecule has 0 atom stereocenters. The summed E-state index contributed by atoms with van der Waals surface area (Å²) in [4.78, 5) is 17.0. The number of benzene rings is 2. The van der Waals surface area contributed by atoms with Gasteiger partial charge in [-0.25, -0.2) is 4.99 Å². The molecule has 134 valence electrons. The number of thioether (sulfide) groups is 1. The lowest BCUT2D eigenvalue weighted by Crippen LogP contribution is -2.19. The molecule has 0 aliphatic carbocycles. The first kappa shape index (κ1) is 19.1. The topological polar surface area (TPSA) is 70.9 Å². The number of carbonyl (C=O) groups is 1. The summed E-state index contributed by atoms with van der Waals surface area (Å²) in [7, 11) is 1.45. The van der Waals surface area contributed by atoms with Crippen molar-refractivity contribution >= 4 is 73.7 Å². The lowest BCUT2D eigenvalue weighted by Gasteiger charge is -2.06. The highest BCUT2D eigenvalue weighted by atomic mass is 79.9. The maximum atomic E-state index is 12.2. The molecule has 2 aromatic rings. The molecule has 3 rings (SSSR count). The van der Waals surface area contributed by atoms with Crippen molar-refractivity contribution in [2.24, 2.45) is 4.99 Å². The second-order valence-electron chi connectivity index (χ2n) is 5.10. The van der Waals surface area contributed by atoms with E-state index in [0.29, 0.717) is 41.6 Å². The molecule has 9 heteroatoms. The van der Waals surface area contributed by atoms with Crippen LogP contribution in [-0.4, -0.2) is 23.3 Å². The number of phenols is 1. The van der Waals surface area contributed by atoms with E-state index in [1.165, 1.54) is 24.9 Å². The van der Waals surface area contributed by atoms with Gasteiger partial charge in [-0.3, -0.25) is 4.79 Å². The zero-order valence-electron chi connectivity index (χ0n) is 13.2. The average Bonchev–Trinajstić information content (AvgIpc) is 2.93. The lowest BCUT2D eigenvalue weighted by molar-refractivity contribution is -0.115. The number of nitrogens with one attached hydrogen (secondary N) is 1. The maximum Gasteiger partial charge on any atom is 0.264 e. The number of nitrogens with zero attached hydrogens (tertiary/aromatic N) is 1. The Bertz CT molecular complexity index is 963. The number of methoxy groups -OCH3 is 1. The van der Waals surface area contributed by atoms with Crippen molar-refractivity contribution in [1.82, 2.24) is 5.32 Å². The summed E-state index contributed by atoms with van der Waals surface area (Å²) in [6, 6.07) is 8.23. The quantitative estimate of drug-likeness (QED) is 0.588. The Morgan fingerprint density at radius 2 is 2.12 bits per heavy atom. The summed E-state index contributed by atoms with van der Waals surface area (Å²) in [6.07, 6.45) is 1.67. The van der Waals surface area contributed by atoms with E-state index in [0.717, 1.165) is 0 Å². The SMILES string of the molecule is COc1cc(/C=C2/SC(=Nc3cccc(Cl)c3Cl)NC2=O)c(Br)cc1O. The van der Waals surface area contributed by atoms with Crippen molar-refractivity contribution < 1.29 is 14.6 Å². The number of carbonyl (C=O) groups excluding carboxylic acids is 1. The van der Waals surface area contributed by atoms with Crippen LogP contribution in [0, 0.1) is 0 Å². The number of hydrogen-bond donors (Lipinski definition) is 2. The van der Waals surface area contributed by atoms with Gasteiger partial charge in [-0.1, -0.05) is 45.2 Å². The Hall–Kier alpha value is -1.67. The molecule has 0 aromatic heterocycles. The zero-order chi connectivity index (χ0) is 18.8. The lowest BCUT2D eigenvalue weighted by atomic mass is 10.2. The molecule has 1 saturated heterocycles. The van der Waals surface area contributed by atoms with Gasteiger partial charge in [-0.05, 0) is 47.7 Å². The van der Waals surface area contributed by atoms with Crippen LogP contribution in [0.1, 0.15) is 5.56 Å². The van der Waals surface area contributed by atoms with Crippen LogP contribution in [0.4, 0.5) is 5.69 Å². The molecule has 1 heterocycles. The molecule has 1 fully saturated rings. The monoisotopic (exact) mass is 472 g/mol. The van der Waals surface area contributed by atoms with E-state index in [9.17, 15) is 9.90 Å². The summed E-state index contributed by atoms with van der Waals surface area (Å²) < 4.78 is 5.72. The minimum absolute atomic E-state index is 0.00269. The van der Waals surface area contributed by atoms with Gasteiger partial charge in [0, 0.05) is 4.47 Å². The van der Waals surface area contributed by atoms with Gasteiger partial charge in [0.15, 0.2) is 16.7 Å². The molecule has 2 N–H and O–H groups in total. The minimum atomic E-state index is -0.286. The first-order chi connectivity index (χ1) is 12.4. The van der Waals surface area contributed by atoms with E-state index < -0.39 is 0 Å². The molecule has 0 saturated carbocycles. The third kappa shape index (κ3) is 4.01. The maximum absolute atomic E-state index is 12.2. The number of ether oxygens (including phenoxy) is 1. The first-order valence-electron chi connectivity index (χ1n) is 7.19. The minimum Gasteiger partial charge on any atom is -0.504 e. The highest BCUT2D eigenvalue weighted by Gasteiger charge is 2.24. The van der Waals surface area contributed by atoms with Crippen molar-refractivity contribution in [2.45, 2.75) is 0 Å². The molecule has 0 radical (unpaired) electrons. The van der Waals surface area contributed by atoms with E-state index in [4.69, 9.17) is 27.9 Å². The number of aliphatic imine (C=N–C) groups is 1. The van der Waals surface area contributed by atoms with E-state index in [1.54, 1.807) is 30.3 Å². The van der Waals surface area contributed by atoms with Crippen LogP contribution < -0.4 is 10.1 Å². The fourth-order valence-corrected chi connectivity index (χ4v) is 3.75. The standard InChI is InChI=1S/C17H11BrCl2N2O3S/c1-25-13-5-8(9(18)7-12(13)23)6-14-16(24)22-17(26-14)21-11-4-2-3-10(19)15(11)20/h2-7,23H,1H3,(H,21,22,24)/b14-6+. The average molecular weight is 474 g/mol. The van der Waals surface area contributed by atoms with Gasteiger partial charge in [0.05, 0.1) is 27.7 Å². The predicted octanol–water partition coefficient (Wildman–Crippen LogP) is 5.36. The van der Waals surface area contributed by atoms with Crippen LogP contribution in [0.5, 0.6) is 11.5 Å². The number of amides is 1. The van der Waals surface area contributed by atoms with Gasteiger partial charge in [-0.15, -0.1) is 0 Å². The van der Waals surface area contributed by atoms with Crippen molar-refractivity contribution in [2.75, 3.05) is 7.11 Å². The van der Waals surface area contributed by atoms with Gasteiger partial charge >= 0.3 is 0 Å². The summed E-state index contributed by atoms with van der Waals surface area (Å²) >= 11 is 16.6. The Morgan fingerprint density at radius 1 is 1.35 bits per heavy atom. The van der Waals surface area contributed by atoms with Crippen LogP contribution in [0.25, 0.3) is 6.08 Å². The summed E-state index contributed by atoms with van der Waals surface area (Å²) in [6.45, 7) is 0. The van der Waals surface area contributed by atoms with Gasteiger partial charge in [0.25, 0.3) is 5.91 Å². The second kappa shape index (κ2) is 7.92. The largest absolute Gasteiger partial charge is 0.504 e. The van der Waals surface area contributed by atoms with Crippen molar-refractivity contribution in [3.63, 3.8) is 0 Å². The molecular weight excluding hydrogens is 463 g/mol. The fraction of sp³-hybridized carbons (Fsp3) is 0.0588. The molecule has 1 aliphatic heterocycles. The third-order valence-electron chi connectivity index (χ3n) is 3.39. The van der Waals surface area contributed by atoms with E-state index >= 15 is 0 Å². The van der Waals surface area contributed by atoms with Crippen molar-refractivity contribution in [1.29, 1.82) is 0 Å². The van der Waals surface area contributed by atoms with Crippen LogP contribution in [-0.2, 0) is 4.79 Å². The Kier molecular flexibility index (Phi) is 5.82. The Morgan fingerprint density at radius 3 is 2.85 bits per heavy atom. The Balaban J connectivity index is 1.92. The highest BCUT2D eigenvalue weighted by molar-refractivity contribution is 9.10. The van der Waals surface area contributed by atoms with Crippen LogP contribution >= 0.6 is 50.9 Å². The number of halogens is 3. The molecule has 1 aliphatic rings. The summed E-state index contributed by atoms with van der Waals surface area (Å²) in [5.74, 6) is 0.0248. The van der Waals surface area contributed by atoms with Gasteiger partial charge in [-0.2, -0.15) is 0 Å². The molecular formula is C17H11BrCl2N2O3S. The van der Waals surface area contributed by atoms with Crippen molar-refractivity contribution in [3.8, 4) is 11.5 Å². The first-order valence-corrected chi connectivity index (χ1v) is 9.55. The van der Waals surface area contributed by atoms with E-state index in [1.807, 2.05) is 0 Å². The number of amidine groups is 1.